The Morgan fingerprint density at radius 3 is 1.60 bits per heavy atom. The number of halogens is 2. The molecule has 0 aliphatic heterocycles. The molecule has 78 valence electrons. The number of nitrogens with two attached hydrogens (primary N) is 1. The zero-order chi connectivity index (χ0) is 9.97. The largest absolute Gasteiger partial charge is 0.399 e. The molecular weight excluding hydrogens is 213 g/mol. The second-order valence-corrected chi connectivity index (χ2v) is 3.13. The van der Waals surface area contributed by atoms with Gasteiger partial charge >= 0.3 is 0 Å². The molecule has 0 saturated heterocycles. The third-order valence-electron chi connectivity index (χ3n) is 2.09. The molecule has 1 nitrogen and oxygen atoms in total. The van der Waals surface area contributed by atoms with Gasteiger partial charge in [-0.15, -0.1) is 12.4 Å². The van der Waals surface area contributed by atoms with Gasteiger partial charge in [-0.2, -0.15) is 0 Å². The molecule has 2 aromatic carbocycles. The maximum atomic E-state index is 12.6. The van der Waals surface area contributed by atoms with Gasteiger partial charge in [-0.25, -0.2) is 4.39 Å². The first-order valence-corrected chi connectivity index (χ1v) is 4.37. The van der Waals surface area contributed by atoms with Gasteiger partial charge in [-0.05, 0) is 35.4 Å². The molecule has 0 aliphatic rings. The molecule has 0 aliphatic carbocycles. The van der Waals surface area contributed by atoms with Crippen molar-refractivity contribution in [3.8, 4) is 11.1 Å². The van der Waals surface area contributed by atoms with E-state index < -0.39 is 0 Å². The first-order valence-electron chi connectivity index (χ1n) is 4.37. The van der Waals surface area contributed by atoms with E-state index in [0.717, 1.165) is 16.8 Å². The Hall–Kier alpha value is -1.54. The number of benzene rings is 2. The van der Waals surface area contributed by atoms with Crippen molar-refractivity contribution >= 4 is 18.1 Å². The standard InChI is InChI=1S/C12H10FN.ClH/c13-11-5-1-9(2-6-11)10-3-7-12(14)8-4-10;/h1-8H,14H2;1H. The zero-order valence-electron chi connectivity index (χ0n) is 7.98. The van der Waals surface area contributed by atoms with Gasteiger partial charge in [0, 0.05) is 5.69 Å². The molecule has 0 fully saturated rings. The summed E-state index contributed by atoms with van der Waals surface area (Å²) >= 11 is 0. The maximum absolute atomic E-state index is 12.6. The summed E-state index contributed by atoms with van der Waals surface area (Å²) in [4.78, 5) is 0. The smallest absolute Gasteiger partial charge is 0.123 e. The monoisotopic (exact) mass is 223 g/mol. The van der Waals surface area contributed by atoms with Crippen LogP contribution in [-0.4, -0.2) is 0 Å². The summed E-state index contributed by atoms with van der Waals surface area (Å²) in [5.74, 6) is -0.218. The lowest BCUT2D eigenvalue weighted by molar-refractivity contribution is 0.628. The van der Waals surface area contributed by atoms with E-state index in [2.05, 4.69) is 0 Å². The van der Waals surface area contributed by atoms with Crippen molar-refractivity contribution in [2.75, 3.05) is 5.73 Å². The van der Waals surface area contributed by atoms with E-state index in [1.807, 2.05) is 24.3 Å². The third-order valence-corrected chi connectivity index (χ3v) is 2.09. The van der Waals surface area contributed by atoms with Gasteiger partial charge in [0.25, 0.3) is 0 Å². The van der Waals surface area contributed by atoms with Crippen LogP contribution in [0.2, 0.25) is 0 Å². The fraction of sp³-hybridized carbons (Fsp3) is 0. The molecule has 0 radical (unpaired) electrons. The highest BCUT2D eigenvalue weighted by molar-refractivity contribution is 5.85. The van der Waals surface area contributed by atoms with E-state index in [-0.39, 0.29) is 18.2 Å². The quantitative estimate of drug-likeness (QED) is 0.736. The average Bonchev–Trinajstić information content (AvgIpc) is 2.21. The summed E-state index contributed by atoms with van der Waals surface area (Å²) in [5.41, 5.74) is 8.33. The van der Waals surface area contributed by atoms with E-state index in [1.54, 1.807) is 12.1 Å². The minimum absolute atomic E-state index is 0. The van der Waals surface area contributed by atoms with E-state index in [4.69, 9.17) is 5.73 Å². The van der Waals surface area contributed by atoms with Gasteiger partial charge in [-0.3, -0.25) is 0 Å². The van der Waals surface area contributed by atoms with Gasteiger partial charge < -0.3 is 5.73 Å². The maximum Gasteiger partial charge on any atom is 0.123 e. The predicted octanol–water partition coefficient (Wildman–Crippen LogP) is 3.50. The van der Waals surface area contributed by atoms with Crippen LogP contribution in [0.1, 0.15) is 0 Å². The lowest BCUT2D eigenvalue weighted by Crippen LogP contribution is -1.84. The fourth-order valence-corrected chi connectivity index (χ4v) is 1.32. The van der Waals surface area contributed by atoms with Crippen LogP contribution in [0.25, 0.3) is 11.1 Å². The lowest BCUT2D eigenvalue weighted by atomic mass is 10.1. The molecule has 0 heterocycles. The van der Waals surface area contributed by atoms with Crippen molar-refractivity contribution < 1.29 is 4.39 Å². The fourth-order valence-electron chi connectivity index (χ4n) is 1.32. The Labute approximate surface area is 94.1 Å². The van der Waals surface area contributed by atoms with Crippen LogP contribution in [0, 0.1) is 5.82 Å². The number of nitrogen functional groups attached to an aromatic ring is 1. The van der Waals surface area contributed by atoms with Crippen molar-refractivity contribution in [3.63, 3.8) is 0 Å². The second kappa shape index (κ2) is 4.80. The third kappa shape index (κ3) is 2.70. The Balaban J connectivity index is 0.00000112. The molecule has 15 heavy (non-hydrogen) atoms. The molecule has 2 aromatic rings. The van der Waals surface area contributed by atoms with Gasteiger partial charge in [0.15, 0.2) is 0 Å². The molecule has 0 bridgehead atoms. The SMILES string of the molecule is Cl.Nc1ccc(-c2ccc(F)cc2)cc1. The van der Waals surface area contributed by atoms with Gasteiger partial charge in [0.2, 0.25) is 0 Å². The summed E-state index contributed by atoms with van der Waals surface area (Å²) in [7, 11) is 0. The highest BCUT2D eigenvalue weighted by atomic mass is 35.5. The van der Waals surface area contributed by atoms with Crippen LogP contribution in [0.5, 0.6) is 0 Å². The van der Waals surface area contributed by atoms with Crippen molar-refractivity contribution in [1.29, 1.82) is 0 Å². The Morgan fingerprint density at radius 2 is 1.13 bits per heavy atom. The van der Waals surface area contributed by atoms with E-state index >= 15 is 0 Å². The summed E-state index contributed by atoms with van der Waals surface area (Å²) in [6.45, 7) is 0. The van der Waals surface area contributed by atoms with Crippen LogP contribution >= 0.6 is 12.4 Å². The Kier molecular flexibility index (Phi) is 3.69. The van der Waals surface area contributed by atoms with Crippen LogP contribution in [0.4, 0.5) is 10.1 Å². The molecule has 0 amide bonds. The van der Waals surface area contributed by atoms with Gasteiger partial charge in [0.05, 0.1) is 0 Å². The Morgan fingerprint density at radius 1 is 0.733 bits per heavy atom. The highest BCUT2D eigenvalue weighted by Crippen LogP contribution is 2.20. The second-order valence-electron chi connectivity index (χ2n) is 3.13. The number of anilines is 1. The summed E-state index contributed by atoms with van der Waals surface area (Å²) in [5, 5.41) is 0. The molecule has 2 rings (SSSR count). The first-order chi connectivity index (χ1) is 6.75. The molecular formula is C12H11ClFN. The summed E-state index contributed by atoms with van der Waals surface area (Å²) in [6.07, 6.45) is 0. The van der Waals surface area contributed by atoms with Gasteiger partial charge in [0.1, 0.15) is 5.82 Å². The predicted molar refractivity (Wildman–Crippen MR) is 63.5 cm³/mol. The van der Waals surface area contributed by atoms with E-state index in [1.165, 1.54) is 12.1 Å². The first kappa shape index (κ1) is 11.5. The Bertz CT molecular complexity index is 379. The highest BCUT2D eigenvalue weighted by Gasteiger charge is 1.96. The van der Waals surface area contributed by atoms with E-state index in [0.29, 0.717) is 0 Å². The van der Waals surface area contributed by atoms with Crippen LogP contribution < -0.4 is 5.73 Å². The van der Waals surface area contributed by atoms with Crippen molar-refractivity contribution in [3.05, 3.63) is 54.3 Å². The molecule has 0 atom stereocenters. The van der Waals surface area contributed by atoms with Crippen LogP contribution in [0.3, 0.4) is 0 Å². The molecule has 0 spiro atoms. The molecule has 0 unspecified atom stereocenters. The van der Waals surface area contributed by atoms with Crippen molar-refractivity contribution in [2.45, 2.75) is 0 Å². The number of hydrogen-bond donors (Lipinski definition) is 1. The molecule has 0 aromatic heterocycles. The summed E-state index contributed by atoms with van der Waals surface area (Å²) in [6, 6.07) is 13.9. The van der Waals surface area contributed by atoms with Gasteiger partial charge in [-0.1, -0.05) is 24.3 Å². The topological polar surface area (TPSA) is 26.0 Å². The normalized spacial score (nSPS) is 9.40. The molecule has 0 saturated carbocycles. The average molecular weight is 224 g/mol. The molecule has 2 N–H and O–H groups in total. The summed E-state index contributed by atoms with van der Waals surface area (Å²) < 4.78 is 12.6. The van der Waals surface area contributed by atoms with E-state index in [9.17, 15) is 4.39 Å². The number of rotatable bonds is 1. The number of hydrogen-bond acceptors (Lipinski definition) is 1. The van der Waals surface area contributed by atoms with Crippen LogP contribution in [-0.2, 0) is 0 Å². The minimum atomic E-state index is -0.218. The lowest BCUT2D eigenvalue weighted by Gasteiger charge is -2.01. The molecule has 3 heteroatoms. The van der Waals surface area contributed by atoms with Crippen molar-refractivity contribution in [2.24, 2.45) is 0 Å². The van der Waals surface area contributed by atoms with Crippen LogP contribution in [0.15, 0.2) is 48.5 Å². The minimum Gasteiger partial charge on any atom is -0.399 e. The zero-order valence-corrected chi connectivity index (χ0v) is 8.80. The van der Waals surface area contributed by atoms with Crippen molar-refractivity contribution in [1.82, 2.24) is 0 Å².